The van der Waals surface area contributed by atoms with Gasteiger partial charge in [0.05, 0.1) is 0 Å². The molecule has 2 fully saturated rings. The zero-order valence-electron chi connectivity index (χ0n) is 7.55. The smallest absolute Gasteiger partial charge is 0.00128 e. The average molecular weight is 155 g/mol. The minimum absolute atomic E-state index is 0. The van der Waals surface area contributed by atoms with E-state index in [4.69, 9.17) is 0 Å². The molecule has 11 heavy (non-hydrogen) atoms. The van der Waals surface area contributed by atoms with E-state index in [0.29, 0.717) is 0 Å². The molecule has 1 saturated heterocycles. The lowest BCUT2D eigenvalue weighted by Gasteiger charge is -2.23. The molecule has 1 heteroatoms. The summed E-state index contributed by atoms with van der Waals surface area (Å²) in [6, 6.07) is 0. The average Bonchev–Trinajstić information content (AvgIpc) is 2.46. The summed E-state index contributed by atoms with van der Waals surface area (Å²) in [5.41, 5.74) is 0. The van der Waals surface area contributed by atoms with Crippen molar-refractivity contribution < 1.29 is 1.43 Å². The molecule has 0 spiro atoms. The van der Waals surface area contributed by atoms with Gasteiger partial charge in [0.1, 0.15) is 0 Å². The fraction of sp³-hybridized carbons (Fsp3) is 1.00. The predicted molar refractivity (Wildman–Crippen MR) is 49.7 cm³/mol. The summed E-state index contributed by atoms with van der Waals surface area (Å²) >= 11 is 0. The second-order valence-corrected chi connectivity index (χ2v) is 4.16. The minimum atomic E-state index is 0. The van der Waals surface area contributed by atoms with E-state index in [1.807, 2.05) is 0 Å². The monoisotopic (exact) mass is 155 g/mol. The third-order valence-corrected chi connectivity index (χ3v) is 3.50. The number of likely N-dealkylation sites (tertiary alicyclic amines) is 1. The fourth-order valence-corrected chi connectivity index (χ4v) is 2.76. The van der Waals surface area contributed by atoms with Crippen molar-refractivity contribution in [2.24, 2.45) is 11.8 Å². The molecule has 0 aromatic heterocycles. The van der Waals surface area contributed by atoms with Crippen molar-refractivity contribution in [2.45, 2.75) is 32.6 Å². The van der Waals surface area contributed by atoms with Gasteiger partial charge in [0.2, 0.25) is 0 Å². The van der Waals surface area contributed by atoms with Crippen molar-refractivity contribution in [2.75, 3.05) is 19.6 Å². The Morgan fingerprint density at radius 3 is 2.18 bits per heavy atom. The number of nitrogens with zero attached hydrogens (tertiary/aromatic N) is 1. The van der Waals surface area contributed by atoms with E-state index in [1.54, 1.807) is 0 Å². The third kappa shape index (κ3) is 1.44. The number of fused-ring (bicyclic) bond motifs is 1. The summed E-state index contributed by atoms with van der Waals surface area (Å²) in [5.74, 6) is 2.15. The molecule has 0 radical (unpaired) electrons. The first-order valence-corrected chi connectivity index (χ1v) is 5.12. The molecule has 0 amide bonds. The van der Waals surface area contributed by atoms with Crippen LogP contribution in [0.25, 0.3) is 0 Å². The molecule has 1 aliphatic heterocycles. The summed E-state index contributed by atoms with van der Waals surface area (Å²) in [4.78, 5) is 2.63. The summed E-state index contributed by atoms with van der Waals surface area (Å²) < 4.78 is 0. The van der Waals surface area contributed by atoms with E-state index in [-0.39, 0.29) is 1.43 Å². The largest absolute Gasteiger partial charge is 0.303 e. The highest BCUT2D eigenvalue weighted by molar-refractivity contribution is 4.85. The molecule has 1 heterocycles. The molecule has 1 saturated carbocycles. The minimum Gasteiger partial charge on any atom is -0.303 e. The Hall–Kier alpha value is -0.0400. The molecule has 0 N–H and O–H groups in total. The molecular weight excluding hydrogens is 134 g/mol. The Labute approximate surface area is 71.3 Å². The highest BCUT2D eigenvalue weighted by Crippen LogP contribution is 2.35. The Morgan fingerprint density at radius 2 is 1.73 bits per heavy atom. The van der Waals surface area contributed by atoms with E-state index >= 15 is 0 Å². The zero-order chi connectivity index (χ0) is 7.68. The topological polar surface area (TPSA) is 3.24 Å². The van der Waals surface area contributed by atoms with Gasteiger partial charge >= 0.3 is 0 Å². The summed E-state index contributed by atoms with van der Waals surface area (Å²) in [6.45, 7) is 6.37. The van der Waals surface area contributed by atoms with Crippen molar-refractivity contribution in [1.82, 2.24) is 4.90 Å². The van der Waals surface area contributed by atoms with Gasteiger partial charge in [0, 0.05) is 14.5 Å². The number of hydrogen-bond acceptors (Lipinski definition) is 1. The number of rotatable bonds is 1. The molecule has 1 unspecified atom stereocenters. The van der Waals surface area contributed by atoms with Crippen LogP contribution in [0, 0.1) is 11.8 Å². The molecule has 1 aliphatic carbocycles. The maximum Gasteiger partial charge on any atom is 0.00128 e. The van der Waals surface area contributed by atoms with E-state index in [9.17, 15) is 0 Å². The van der Waals surface area contributed by atoms with Crippen LogP contribution >= 0.6 is 0 Å². The SMILES string of the molecule is CCN1CC2CCCC[C@@H]2C1.[HH]. The lowest BCUT2D eigenvalue weighted by molar-refractivity contribution is 0.299. The van der Waals surface area contributed by atoms with Crippen LogP contribution in [0.4, 0.5) is 0 Å². The van der Waals surface area contributed by atoms with Crippen molar-refractivity contribution >= 4 is 0 Å². The van der Waals surface area contributed by atoms with Gasteiger partial charge in [0.25, 0.3) is 0 Å². The first-order valence-electron chi connectivity index (χ1n) is 5.12. The highest BCUT2D eigenvalue weighted by atomic mass is 15.1. The molecular formula is C10H21N. The summed E-state index contributed by atoms with van der Waals surface area (Å²) in [5, 5.41) is 0. The maximum atomic E-state index is 2.63. The molecule has 2 atom stereocenters. The van der Waals surface area contributed by atoms with Crippen molar-refractivity contribution in [3.63, 3.8) is 0 Å². The van der Waals surface area contributed by atoms with Gasteiger partial charge in [-0.25, -0.2) is 0 Å². The molecule has 0 aromatic rings. The van der Waals surface area contributed by atoms with Crippen LogP contribution in [0.5, 0.6) is 0 Å². The van der Waals surface area contributed by atoms with Crippen LogP contribution in [0.1, 0.15) is 34.0 Å². The first-order chi connectivity index (χ1) is 5.40. The van der Waals surface area contributed by atoms with Crippen LogP contribution in [-0.4, -0.2) is 24.5 Å². The van der Waals surface area contributed by atoms with Crippen molar-refractivity contribution in [3.05, 3.63) is 0 Å². The Kier molecular flexibility index (Phi) is 2.17. The number of hydrogen-bond donors (Lipinski definition) is 0. The lowest BCUT2D eigenvalue weighted by atomic mass is 9.82. The Bertz CT molecular complexity index is 124. The second-order valence-electron chi connectivity index (χ2n) is 4.16. The molecule has 66 valence electrons. The molecule has 2 rings (SSSR count). The second kappa shape index (κ2) is 3.14. The zero-order valence-corrected chi connectivity index (χ0v) is 7.55. The Morgan fingerprint density at radius 1 is 1.18 bits per heavy atom. The van der Waals surface area contributed by atoms with Gasteiger partial charge in [-0.05, 0) is 31.2 Å². The van der Waals surface area contributed by atoms with E-state index < -0.39 is 0 Å². The standard InChI is InChI=1S/C10H19N.H2/c1-2-11-7-9-5-3-4-6-10(9)8-11;/h9-10H,2-8H2,1H3;1H/t9-,10?;/m1./s1. The van der Waals surface area contributed by atoms with Crippen molar-refractivity contribution in [1.29, 1.82) is 0 Å². The summed E-state index contributed by atoms with van der Waals surface area (Å²) in [7, 11) is 0. The van der Waals surface area contributed by atoms with Gasteiger partial charge in [-0.3, -0.25) is 0 Å². The summed E-state index contributed by atoms with van der Waals surface area (Å²) in [6.07, 6.45) is 6.03. The van der Waals surface area contributed by atoms with Crippen molar-refractivity contribution in [3.8, 4) is 0 Å². The molecule has 0 bridgehead atoms. The van der Waals surface area contributed by atoms with E-state index in [2.05, 4.69) is 11.8 Å². The maximum absolute atomic E-state index is 2.63. The normalized spacial score (nSPS) is 39.0. The van der Waals surface area contributed by atoms with Crippen LogP contribution in [0.2, 0.25) is 0 Å². The third-order valence-electron chi connectivity index (χ3n) is 3.50. The van der Waals surface area contributed by atoms with Gasteiger partial charge in [-0.2, -0.15) is 0 Å². The molecule has 1 nitrogen and oxygen atoms in total. The predicted octanol–water partition coefficient (Wildman–Crippen LogP) is 2.37. The fourth-order valence-electron chi connectivity index (χ4n) is 2.76. The lowest BCUT2D eigenvalue weighted by Crippen LogP contribution is -2.19. The van der Waals surface area contributed by atoms with E-state index in [0.717, 1.165) is 11.8 Å². The van der Waals surface area contributed by atoms with E-state index in [1.165, 1.54) is 45.3 Å². The Balaban J connectivity index is 0.000000720. The molecule has 2 aliphatic rings. The van der Waals surface area contributed by atoms with Crippen LogP contribution in [0.15, 0.2) is 0 Å². The highest BCUT2D eigenvalue weighted by Gasteiger charge is 2.33. The van der Waals surface area contributed by atoms with Gasteiger partial charge in [-0.15, -0.1) is 0 Å². The first kappa shape index (κ1) is 7.60. The van der Waals surface area contributed by atoms with Crippen LogP contribution < -0.4 is 0 Å². The van der Waals surface area contributed by atoms with Gasteiger partial charge in [0.15, 0.2) is 0 Å². The van der Waals surface area contributed by atoms with Crippen LogP contribution in [0.3, 0.4) is 0 Å². The van der Waals surface area contributed by atoms with Gasteiger partial charge < -0.3 is 4.90 Å². The van der Waals surface area contributed by atoms with Crippen LogP contribution in [-0.2, 0) is 0 Å². The van der Waals surface area contributed by atoms with Gasteiger partial charge in [-0.1, -0.05) is 19.8 Å². The molecule has 0 aromatic carbocycles. The quantitative estimate of drug-likeness (QED) is 0.562.